The molecule has 3 rings (SSSR count). The van der Waals surface area contributed by atoms with Gasteiger partial charge < -0.3 is 15.4 Å². The number of carbonyl (C=O) groups excluding carboxylic acids is 2. The molecule has 6 heteroatoms. The highest BCUT2D eigenvalue weighted by atomic mass is 32.2. The molecule has 0 spiro atoms. The van der Waals surface area contributed by atoms with Crippen molar-refractivity contribution in [2.24, 2.45) is 0 Å². The molecule has 0 fully saturated rings. The molecule has 5 nitrogen and oxygen atoms in total. The molecule has 0 saturated carbocycles. The Morgan fingerprint density at radius 3 is 2.85 bits per heavy atom. The average molecular weight is 370 g/mol. The number of methoxy groups -OCH3 is 1. The lowest BCUT2D eigenvalue weighted by atomic mass is 9.89. The first-order valence-corrected chi connectivity index (χ1v) is 9.59. The predicted octanol–water partition coefficient (Wildman–Crippen LogP) is 3.42. The number of nitrogens with one attached hydrogen (secondary N) is 2. The summed E-state index contributed by atoms with van der Waals surface area (Å²) in [4.78, 5) is 25.7. The standard InChI is InChI=1S/C20H22N2O3S/c1-25-14-8-9-18-16(12-14)17(13-19(23)22-18)20(24)21-10-5-11-26-15-6-3-2-4-7-15/h2-4,6-9,12,17H,5,10-11,13H2,1H3,(H,21,24)(H,22,23). The first kappa shape index (κ1) is 18.3. The van der Waals surface area contributed by atoms with E-state index in [2.05, 4.69) is 22.8 Å². The molecule has 0 aromatic heterocycles. The van der Waals surface area contributed by atoms with Gasteiger partial charge in [-0.3, -0.25) is 9.59 Å². The van der Waals surface area contributed by atoms with Crippen LogP contribution in [0.4, 0.5) is 5.69 Å². The van der Waals surface area contributed by atoms with E-state index >= 15 is 0 Å². The number of amides is 2. The summed E-state index contributed by atoms with van der Waals surface area (Å²) in [6.45, 7) is 0.593. The quantitative estimate of drug-likeness (QED) is 0.579. The molecule has 0 bridgehead atoms. The zero-order chi connectivity index (χ0) is 18.4. The van der Waals surface area contributed by atoms with Crippen molar-refractivity contribution in [3.63, 3.8) is 0 Å². The normalized spacial score (nSPS) is 15.7. The van der Waals surface area contributed by atoms with Crippen LogP contribution in [0.5, 0.6) is 5.75 Å². The molecular weight excluding hydrogens is 348 g/mol. The largest absolute Gasteiger partial charge is 0.497 e. The van der Waals surface area contributed by atoms with E-state index in [1.807, 2.05) is 24.3 Å². The third-order valence-corrected chi connectivity index (χ3v) is 5.34. The van der Waals surface area contributed by atoms with Gasteiger partial charge in [0.1, 0.15) is 5.75 Å². The minimum absolute atomic E-state index is 0.112. The van der Waals surface area contributed by atoms with Crippen LogP contribution >= 0.6 is 11.8 Å². The van der Waals surface area contributed by atoms with Crippen LogP contribution in [0.3, 0.4) is 0 Å². The second-order valence-electron chi connectivity index (χ2n) is 6.06. The highest BCUT2D eigenvalue weighted by Gasteiger charge is 2.30. The van der Waals surface area contributed by atoms with Crippen molar-refractivity contribution in [3.05, 3.63) is 54.1 Å². The van der Waals surface area contributed by atoms with Gasteiger partial charge in [0.15, 0.2) is 0 Å². The van der Waals surface area contributed by atoms with Crippen molar-refractivity contribution in [2.45, 2.75) is 23.7 Å². The van der Waals surface area contributed by atoms with Crippen LogP contribution in [0.25, 0.3) is 0 Å². The van der Waals surface area contributed by atoms with Crippen LogP contribution in [0.2, 0.25) is 0 Å². The molecule has 1 heterocycles. The maximum Gasteiger partial charge on any atom is 0.228 e. The van der Waals surface area contributed by atoms with Gasteiger partial charge in [-0.2, -0.15) is 0 Å². The lowest BCUT2D eigenvalue weighted by Gasteiger charge is -2.25. The molecule has 1 aliphatic heterocycles. The van der Waals surface area contributed by atoms with E-state index in [0.29, 0.717) is 18.0 Å². The van der Waals surface area contributed by atoms with E-state index in [1.165, 1.54) is 4.90 Å². The van der Waals surface area contributed by atoms with Gasteiger partial charge in [0.25, 0.3) is 0 Å². The van der Waals surface area contributed by atoms with Crippen LogP contribution in [-0.4, -0.2) is 31.2 Å². The van der Waals surface area contributed by atoms with Gasteiger partial charge in [-0.1, -0.05) is 18.2 Å². The summed E-state index contributed by atoms with van der Waals surface area (Å²) in [5, 5.41) is 5.78. The summed E-state index contributed by atoms with van der Waals surface area (Å²) in [6, 6.07) is 15.6. The van der Waals surface area contributed by atoms with Gasteiger partial charge in [0.05, 0.1) is 13.0 Å². The van der Waals surface area contributed by atoms with Crippen molar-refractivity contribution >= 4 is 29.3 Å². The van der Waals surface area contributed by atoms with Crippen molar-refractivity contribution in [1.82, 2.24) is 5.32 Å². The number of benzene rings is 2. The zero-order valence-electron chi connectivity index (χ0n) is 14.7. The van der Waals surface area contributed by atoms with Crippen molar-refractivity contribution in [3.8, 4) is 5.75 Å². The summed E-state index contributed by atoms with van der Waals surface area (Å²) in [5.41, 5.74) is 1.49. The Morgan fingerprint density at radius 1 is 1.27 bits per heavy atom. The lowest BCUT2D eigenvalue weighted by Crippen LogP contribution is -2.35. The topological polar surface area (TPSA) is 67.4 Å². The van der Waals surface area contributed by atoms with E-state index in [9.17, 15) is 9.59 Å². The van der Waals surface area contributed by atoms with Gasteiger partial charge >= 0.3 is 0 Å². The lowest BCUT2D eigenvalue weighted by molar-refractivity contribution is -0.126. The Morgan fingerprint density at radius 2 is 2.08 bits per heavy atom. The second-order valence-corrected chi connectivity index (χ2v) is 7.23. The van der Waals surface area contributed by atoms with Crippen molar-refractivity contribution in [2.75, 3.05) is 24.7 Å². The fraction of sp³-hybridized carbons (Fsp3) is 0.300. The SMILES string of the molecule is COc1ccc2c(c1)C(C(=O)NCCCSc1ccccc1)CC(=O)N2. The Hall–Kier alpha value is -2.47. The molecule has 2 aromatic carbocycles. The van der Waals surface area contributed by atoms with Gasteiger partial charge in [0, 0.05) is 23.5 Å². The van der Waals surface area contributed by atoms with Gasteiger partial charge in [-0.15, -0.1) is 11.8 Å². The molecule has 0 radical (unpaired) electrons. The number of hydrogen-bond donors (Lipinski definition) is 2. The molecule has 0 saturated heterocycles. The maximum atomic E-state index is 12.6. The molecule has 2 N–H and O–H groups in total. The number of carbonyl (C=O) groups is 2. The minimum Gasteiger partial charge on any atom is -0.497 e. The van der Waals surface area contributed by atoms with Crippen LogP contribution < -0.4 is 15.4 Å². The Balaban J connectivity index is 1.54. The first-order chi connectivity index (χ1) is 12.7. The number of anilines is 1. The predicted molar refractivity (Wildman–Crippen MR) is 104 cm³/mol. The average Bonchev–Trinajstić information content (AvgIpc) is 2.67. The molecule has 1 atom stereocenters. The van der Waals surface area contributed by atoms with Gasteiger partial charge in [-0.25, -0.2) is 0 Å². The second kappa shape index (κ2) is 8.76. The van der Waals surface area contributed by atoms with E-state index in [4.69, 9.17) is 4.74 Å². The van der Waals surface area contributed by atoms with Crippen molar-refractivity contribution < 1.29 is 14.3 Å². The zero-order valence-corrected chi connectivity index (χ0v) is 15.5. The summed E-state index contributed by atoms with van der Waals surface area (Å²) >= 11 is 1.77. The highest BCUT2D eigenvalue weighted by Crippen LogP contribution is 2.35. The smallest absolute Gasteiger partial charge is 0.228 e. The van der Waals surface area contributed by atoms with Crippen LogP contribution in [0.15, 0.2) is 53.4 Å². The third kappa shape index (κ3) is 4.58. The van der Waals surface area contributed by atoms with Crippen molar-refractivity contribution in [1.29, 1.82) is 0 Å². The van der Waals surface area contributed by atoms with E-state index in [-0.39, 0.29) is 18.2 Å². The number of fused-ring (bicyclic) bond motifs is 1. The number of hydrogen-bond acceptors (Lipinski definition) is 4. The van der Waals surface area contributed by atoms with Crippen LogP contribution in [0.1, 0.15) is 24.3 Å². The molecule has 0 aliphatic carbocycles. The fourth-order valence-electron chi connectivity index (χ4n) is 2.91. The highest BCUT2D eigenvalue weighted by molar-refractivity contribution is 7.99. The van der Waals surface area contributed by atoms with E-state index < -0.39 is 5.92 Å². The first-order valence-electron chi connectivity index (χ1n) is 8.60. The Labute approximate surface area is 157 Å². The van der Waals surface area contributed by atoms with E-state index in [0.717, 1.165) is 17.7 Å². The number of rotatable bonds is 7. The Bertz CT molecular complexity index is 780. The third-order valence-electron chi connectivity index (χ3n) is 4.25. The summed E-state index contributed by atoms with van der Waals surface area (Å²) in [5.74, 6) is 0.883. The maximum absolute atomic E-state index is 12.6. The summed E-state index contributed by atoms with van der Waals surface area (Å²) in [6.07, 6.45) is 1.03. The van der Waals surface area contributed by atoms with E-state index in [1.54, 1.807) is 31.0 Å². The minimum atomic E-state index is -0.476. The molecule has 1 unspecified atom stereocenters. The van der Waals surface area contributed by atoms with Crippen LogP contribution in [-0.2, 0) is 9.59 Å². The van der Waals surface area contributed by atoms with Gasteiger partial charge in [-0.05, 0) is 48.1 Å². The summed E-state index contributed by atoms with van der Waals surface area (Å²) < 4.78 is 5.24. The monoisotopic (exact) mass is 370 g/mol. The van der Waals surface area contributed by atoms with Gasteiger partial charge in [0.2, 0.25) is 11.8 Å². The number of thioether (sulfide) groups is 1. The van der Waals surface area contributed by atoms with Crippen LogP contribution in [0, 0.1) is 0 Å². The molecule has 136 valence electrons. The molecule has 1 aliphatic rings. The molecule has 26 heavy (non-hydrogen) atoms. The molecule has 2 aromatic rings. The summed E-state index contributed by atoms with van der Waals surface area (Å²) in [7, 11) is 1.59. The number of ether oxygens (including phenoxy) is 1. The molecular formula is C20H22N2O3S. The fourth-order valence-corrected chi connectivity index (χ4v) is 3.79. The molecule has 2 amide bonds. The Kier molecular flexibility index (Phi) is 6.17.